The van der Waals surface area contributed by atoms with E-state index in [4.69, 9.17) is 17.3 Å². The van der Waals surface area contributed by atoms with Crippen LogP contribution in [-0.4, -0.2) is 24.5 Å². The minimum absolute atomic E-state index is 0.137. The predicted octanol–water partition coefficient (Wildman–Crippen LogP) is 2.12. The predicted molar refractivity (Wildman–Crippen MR) is 77.6 cm³/mol. The van der Waals surface area contributed by atoms with Crippen LogP contribution < -0.4 is 5.73 Å². The summed E-state index contributed by atoms with van der Waals surface area (Å²) in [5.41, 5.74) is 10.0. The average Bonchev–Trinajstić information content (AvgIpc) is 2.76. The molecule has 0 aromatic carbocycles. The maximum atomic E-state index is 6.01. The first-order valence-corrected chi connectivity index (χ1v) is 6.48. The molecule has 0 saturated carbocycles. The Morgan fingerprint density at radius 1 is 1.25 bits per heavy atom. The third-order valence-electron chi connectivity index (χ3n) is 3.08. The molecule has 0 spiro atoms. The number of pyridine rings is 1. The highest BCUT2D eigenvalue weighted by molar-refractivity contribution is 6.33. The molecule has 3 aromatic rings. The zero-order chi connectivity index (χ0) is 14.3. The lowest BCUT2D eigenvalue weighted by atomic mass is 10.1. The van der Waals surface area contributed by atoms with Crippen molar-refractivity contribution in [3.8, 4) is 0 Å². The van der Waals surface area contributed by atoms with Crippen LogP contribution in [0, 0.1) is 13.8 Å². The number of halogens is 1. The molecule has 3 heterocycles. The van der Waals surface area contributed by atoms with E-state index in [1.54, 1.807) is 6.33 Å². The van der Waals surface area contributed by atoms with Crippen LogP contribution in [0.2, 0.25) is 5.15 Å². The van der Waals surface area contributed by atoms with Crippen LogP contribution in [0.1, 0.15) is 16.8 Å². The molecule has 3 rings (SSSR count). The minimum Gasteiger partial charge on any atom is -0.368 e. The molecule has 0 aliphatic carbocycles. The molecule has 0 unspecified atom stereocenters. The van der Waals surface area contributed by atoms with Gasteiger partial charge < -0.3 is 10.3 Å². The molecule has 20 heavy (non-hydrogen) atoms. The fourth-order valence-corrected chi connectivity index (χ4v) is 2.33. The zero-order valence-corrected chi connectivity index (χ0v) is 11.9. The van der Waals surface area contributed by atoms with E-state index in [0.717, 1.165) is 16.8 Å². The molecule has 0 bridgehead atoms. The molecule has 0 amide bonds. The van der Waals surface area contributed by atoms with Crippen molar-refractivity contribution in [3.63, 3.8) is 0 Å². The summed E-state index contributed by atoms with van der Waals surface area (Å²) >= 11 is 6.01. The molecule has 3 aromatic heterocycles. The summed E-state index contributed by atoms with van der Waals surface area (Å²) in [6.45, 7) is 4.62. The third kappa shape index (κ3) is 2.18. The zero-order valence-electron chi connectivity index (χ0n) is 11.1. The standard InChI is InChI=1S/C13H13ClN6/c1-7-3-8(2)9(16-4-7)5-20-6-17-10-11(14)18-13(15)19-12(10)20/h3-4,6H,5H2,1-2H3,(H2,15,18,19). The van der Waals surface area contributed by atoms with Gasteiger partial charge in [-0.15, -0.1) is 0 Å². The molecule has 0 fully saturated rings. The minimum atomic E-state index is 0.137. The number of nitrogens with zero attached hydrogens (tertiary/aromatic N) is 5. The van der Waals surface area contributed by atoms with Gasteiger partial charge in [0.2, 0.25) is 5.95 Å². The number of imidazole rings is 1. The Hall–Kier alpha value is -2.21. The first kappa shape index (κ1) is 12.8. The lowest BCUT2D eigenvalue weighted by molar-refractivity contribution is 0.780. The van der Waals surface area contributed by atoms with Gasteiger partial charge >= 0.3 is 0 Å². The lowest BCUT2D eigenvalue weighted by Crippen LogP contribution is -2.05. The number of nitrogen functional groups attached to an aromatic ring is 1. The van der Waals surface area contributed by atoms with E-state index in [0.29, 0.717) is 17.7 Å². The Bertz CT molecular complexity index is 795. The largest absolute Gasteiger partial charge is 0.368 e. The Morgan fingerprint density at radius 2 is 2.05 bits per heavy atom. The molecule has 0 aliphatic rings. The molecule has 2 N–H and O–H groups in total. The van der Waals surface area contributed by atoms with Crippen LogP contribution in [0.3, 0.4) is 0 Å². The van der Waals surface area contributed by atoms with Gasteiger partial charge in [-0.25, -0.2) is 4.98 Å². The number of hydrogen-bond donors (Lipinski definition) is 1. The molecule has 102 valence electrons. The van der Waals surface area contributed by atoms with Gasteiger partial charge in [-0.1, -0.05) is 17.7 Å². The Labute approximate surface area is 120 Å². The molecular weight excluding hydrogens is 276 g/mol. The number of rotatable bonds is 2. The molecule has 0 atom stereocenters. The molecular formula is C13H13ClN6. The summed E-state index contributed by atoms with van der Waals surface area (Å²) in [5.74, 6) is 0.137. The van der Waals surface area contributed by atoms with Crippen LogP contribution in [0.4, 0.5) is 5.95 Å². The summed E-state index contributed by atoms with van der Waals surface area (Å²) in [6.07, 6.45) is 3.52. The first-order chi connectivity index (χ1) is 9.54. The summed E-state index contributed by atoms with van der Waals surface area (Å²) in [7, 11) is 0. The van der Waals surface area contributed by atoms with Gasteiger partial charge in [-0.05, 0) is 25.0 Å². The van der Waals surface area contributed by atoms with E-state index in [1.165, 1.54) is 0 Å². The van der Waals surface area contributed by atoms with Gasteiger partial charge in [0.05, 0.1) is 18.6 Å². The number of aryl methyl sites for hydroxylation is 2. The summed E-state index contributed by atoms with van der Waals surface area (Å²) in [5, 5.41) is 0.264. The van der Waals surface area contributed by atoms with Crippen LogP contribution >= 0.6 is 11.6 Å². The van der Waals surface area contributed by atoms with E-state index in [1.807, 2.05) is 24.6 Å². The van der Waals surface area contributed by atoms with E-state index < -0.39 is 0 Å². The maximum Gasteiger partial charge on any atom is 0.223 e. The quantitative estimate of drug-likeness (QED) is 0.730. The first-order valence-electron chi connectivity index (χ1n) is 6.10. The van der Waals surface area contributed by atoms with E-state index in [-0.39, 0.29) is 11.1 Å². The average molecular weight is 289 g/mol. The highest BCUT2D eigenvalue weighted by Gasteiger charge is 2.12. The summed E-state index contributed by atoms with van der Waals surface area (Å²) < 4.78 is 1.86. The molecule has 6 nitrogen and oxygen atoms in total. The van der Waals surface area contributed by atoms with Crippen LogP contribution in [0.15, 0.2) is 18.6 Å². The maximum absolute atomic E-state index is 6.01. The van der Waals surface area contributed by atoms with Crippen molar-refractivity contribution < 1.29 is 0 Å². The number of fused-ring (bicyclic) bond motifs is 1. The molecule has 0 saturated heterocycles. The van der Waals surface area contributed by atoms with Gasteiger partial charge in [0, 0.05) is 6.20 Å². The second-order valence-corrected chi connectivity index (χ2v) is 5.05. The van der Waals surface area contributed by atoms with Crippen molar-refractivity contribution >= 4 is 28.7 Å². The highest BCUT2D eigenvalue weighted by atomic mass is 35.5. The van der Waals surface area contributed by atoms with Crippen molar-refractivity contribution in [2.75, 3.05) is 5.73 Å². The van der Waals surface area contributed by atoms with Gasteiger partial charge in [0.25, 0.3) is 0 Å². The lowest BCUT2D eigenvalue weighted by Gasteiger charge is -2.07. The number of nitrogens with two attached hydrogens (primary N) is 1. The van der Waals surface area contributed by atoms with Crippen LogP contribution in [-0.2, 0) is 6.54 Å². The summed E-state index contributed by atoms with van der Waals surface area (Å²) in [6, 6.07) is 2.10. The van der Waals surface area contributed by atoms with Crippen LogP contribution in [0.5, 0.6) is 0 Å². The smallest absolute Gasteiger partial charge is 0.223 e. The second-order valence-electron chi connectivity index (χ2n) is 4.69. The van der Waals surface area contributed by atoms with Crippen molar-refractivity contribution in [2.24, 2.45) is 0 Å². The Balaban J connectivity index is 2.07. The SMILES string of the molecule is Cc1cnc(Cn2cnc3c(Cl)nc(N)nc32)c(C)c1. The fourth-order valence-electron chi connectivity index (χ4n) is 2.11. The van der Waals surface area contributed by atoms with Crippen molar-refractivity contribution in [2.45, 2.75) is 20.4 Å². The monoisotopic (exact) mass is 288 g/mol. The van der Waals surface area contributed by atoms with Crippen molar-refractivity contribution in [1.29, 1.82) is 0 Å². The molecule has 7 heteroatoms. The molecule has 0 aliphatic heterocycles. The summed E-state index contributed by atoms with van der Waals surface area (Å²) in [4.78, 5) is 16.8. The van der Waals surface area contributed by atoms with Crippen molar-refractivity contribution in [3.05, 3.63) is 40.6 Å². The second kappa shape index (κ2) is 4.72. The Kier molecular flexibility index (Phi) is 3.02. The Morgan fingerprint density at radius 3 is 2.80 bits per heavy atom. The number of hydrogen-bond acceptors (Lipinski definition) is 5. The third-order valence-corrected chi connectivity index (χ3v) is 3.35. The number of anilines is 1. The highest BCUT2D eigenvalue weighted by Crippen LogP contribution is 2.20. The van der Waals surface area contributed by atoms with Crippen molar-refractivity contribution in [1.82, 2.24) is 24.5 Å². The fraction of sp³-hybridized carbons (Fsp3) is 0.231. The van der Waals surface area contributed by atoms with Gasteiger partial charge in [-0.2, -0.15) is 9.97 Å². The van der Waals surface area contributed by atoms with Crippen LogP contribution in [0.25, 0.3) is 11.2 Å². The van der Waals surface area contributed by atoms with Gasteiger partial charge in [-0.3, -0.25) is 4.98 Å². The topological polar surface area (TPSA) is 82.5 Å². The van der Waals surface area contributed by atoms with Gasteiger partial charge in [0.15, 0.2) is 10.8 Å². The normalized spacial score (nSPS) is 11.2. The molecule has 0 radical (unpaired) electrons. The van der Waals surface area contributed by atoms with E-state index in [9.17, 15) is 0 Å². The van der Waals surface area contributed by atoms with E-state index >= 15 is 0 Å². The number of aromatic nitrogens is 5. The van der Waals surface area contributed by atoms with E-state index in [2.05, 4.69) is 26.0 Å². The van der Waals surface area contributed by atoms with Gasteiger partial charge in [0.1, 0.15) is 5.52 Å².